The normalized spacial score (nSPS) is 19.5. The van der Waals surface area contributed by atoms with Crippen molar-refractivity contribution in [2.45, 2.75) is 37.8 Å². The molecule has 0 spiro atoms. The van der Waals surface area contributed by atoms with Gasteiger partial charge in [-0.25, -0.2) is 0 Å². The molecule has 45 heavy (non-hydrogen) atoms. The number of thiocarbonyl (C=S) groups is 1. The standard InChI is InChI=1S/C36H35N3O5S/c1-38-12-10-22-17-30-31-19-25(22)26(38)15-21-6-9-28(40-2)29(16-21)42-24-7-4-20(5-8-24)14-27-33-23(11-13-39(27)36(37)45)18-32(41-3)34(43-30)35(33)44-31/h4-9,16-19,26-27H,10-15H2,1-3H3,(H2,37,45)/t26-,27-/m0/s1. The highest BCUT2D eigenvalue weighted by Gasteiger charge is 2.38. The van der Waals surface area contributed by atoms with Crippen molar-refractivity contribution in [1.82, 2.24) is 9.80 Å². The summed E-state index contributed by atoms with van der Waals surface area (Å²) in [5, 5.41) is 0.362. The van der Waals surface area contributed by atoms with E-state index < -0.39 is 0 Å². The largest absolute Gasteiger partial charge is 0.493 e. The molecule has 0 radical (unpaired) electrons. The van der Waals surface area contributed by atoms with Gasteiger partial charge in [0.2, 0.25) is 5.75 Å². The van der Waals surface area contributed by atoms with Crippen LogP contribution >= 0.6 is 12.2 Å². The van der Waals surface area contributed by atoms with Crippen molar-refractivity contribution >= 4 is 17.3 Å². The SMILES string of the molecule is COc1ccc2cc1Oc1ccc(cc1)C[C@H]1c3c(cc(OC)c4c3Oc3cc5c(cc3O4)CCN(C)[C@H]5C2)CCN1C(N)=S. The third-order valence-electron chi connectivity index (χ3n) is 9.65. The molecule has 5 heterocycles. The first-order valence-electron chi connectivity index (χ1n) is 15.4. The average molecular weight is 622 g/mol. The van der Waals surface area contributed by atoms with Crippen LogP contribution in [-0.2, 0) is 25.7 Å². The van der Waals surface area contributed by atoms with Gasteiger partial charge in [-0.1, -0.05) is 18.2 Å². The van der Waals surface area contributed by atoms with Gasteiger partial charge in [0.1, 0.15) is 5.75 Å². The number of hydrogen-bond acceptors (Lipinski definition) is 7. The van der Waals surface area contributed by atoms with E-state index >= 15 is 0 Å². The second kappa shape index (κ2) is 10.9. The predicted octanol–water partition coefficient (Wildman–Crippen LogP) is 6.86. The number of hydrogen-bond donors (Lipinski definition) is 1. The molecule has 0 aromatic heterocycles. The van der Waals surface area contributed by atoms with E-state index in [0.717, 1.165) is 53.8 Å². The van der Waals surface area contributed by atoms with Crippen LogP contribution in [0.25, 0.3) is 0 Å². The van der Waals surface area contributed by atoms with Crippen LogP contribution in [0.5, 0.6) is 46.0 Å². The number of fused-ring (bicyclic) bond motifs is 2. The lowest BCUT2D eigenvalue weighted by atomic mass is 9.86. The molecular formula is C36H35N3O5S. The molecule has 0 amide bonds. The Hall–Kier alpha value is -4.47. The Morgan fingerprint density at radius 3 is 2.24 bits per heavy atom. The number of rotatable bonds is 2. The summed E-state index contributed by atoms with van der Waals surface area (Å²) in [5.74, 6) is 5.44. The van der Waals surface area contributed by atoms with Crippen molar-refractivity contribution in [2.24, 2.45) is 5.73 Å². The molecule has 230 valence electrons. The van der Waals surface area contributed by atoms with E-state index in [1.807, 2.05) is 18.2 Å². The van der Waals surface area contributed by atoms with Crippen LogP contribution < -0.4 is 29.4 Å². The van der Waals surface area contributed by atoms with Gasteiger partial charge in [-0.2, -0.15) is 0 Å². The lowest BCUT2D eigenvalue weighted by Gasteiger charge is -2.40. The first-order chi connectivity index (χ1) is 21.9. The third-order valence-corrected chi connectivity index (χ3v) is 9.89. The lowest BCUT2D eigenvalue weighted by Crippen LogP contribution is -2.44. The summed E-state index contributed by atoms with van der Waals surface area (Å²) < 4.78 is 31.6. The van der Waals surface area contributed by atoms with Crippen LogP contribution in [0.15, 0.2) is 60.7 Å². The van der Waals surface area contributed by atoms with Crippen LogP contribution in [0.3, 0.4) is 0 Å². The number of likely N-dealkylation sites (N-methyl/N-ethyl adjacent to an activating group) is 1. The summed E-state index contributed by atoms with van der Waals surface area (Å²) in [6.07, 6.45) is 3.14. The molecule has 4 aromatic rings. The van der Waals surface area contributed by atoms with Crippen LogP contribution in [0.2, 0.25) is 0 Å². The van der Waals surface area contributed by atoms with Crippen LogP contribution in [0.1, 0.15) is 45.5 Å². The minimum atomic E-state index is -0.157. The molecule has 9 heteroatoms. The first kappa shape index (κ1) is 28.0. The highest BCUT2D eigenvalue weighted by molar-refractivity contribution is 7.80. The minimum Gasteiger partial charge on any atom is -0.493 e. The summed E-state index contributed by atoms with van der Waals surface area (Å²) in [7, 11) is 5.53. The molecule has 0 aliphatic carbocycles. The van der Waals surface area contributed by atoms with Gasteiger partial charge in [0.05, 0.1) is 20.3 Å². The second-order valence-corrected chi connectivity index (χ2v) is 12.6. The topological polar surface area (TPSA) is 78.7 Å². The lowest BCUT2D eigenvalue weighted by molar-refractivity contribution is 0.227. The van der Waals surface area contributed by atoms with Crippen LogP contribution in [0, 0.1) is 0 Å². The van der Waals surface area contributed by atoms with E-state index in [0.29, 0.717) is 58.3 Å². The van der Waals surface area contributed by atoms with Crippen molar-refractivity contribution in [3.63, 3.8) is 0 Å². The van der Waals surface area contributed by atoms with Crippen molar-refractivity contribution < 1.29 is 23.7 Å². The molecule has 2 atom stereocenters. The zero-order chi connectivity index (χ0) is 30.8. The fourth-order valence-electron chi connectivity index (χ4n) is 7.31. The van der Waals surface area contributed by atoms with Crippen molar-refractivity contribution in [2.75, 3.05) is 34.4 Å². The predicted molar refractivity (Wildman–Crippen MR) is 176 cm³/mol. The molecule has 5 aliphatic heterocycles. The van der Waals surface area contributed by atoms with Crippen molar-refractivity contribution in [1.29, 1.82) is 0 Å². The quantitative estimate of drug-likeness (QED) is 0.213. The third kappa shape index (κ3) is 4.73. The maximum atomic E-state index is 6.90. The fraction of sp³-hybridized carbons (Fsp3) is 0.306. The van der Waals surface area contributed by atoms with Gasteiger partial charge < -0.3 is 34.3 Å². The molecule has 0 unspecified atom stereocenters. The molecule has 0 saturated heterocycles. The molecular weight excluding hydrogens is 586 g/mol. The summed E-state index contributed by atoms with van der Waals surface area (Å²) >= 11 is 5.59. The van der Waals surface area contributed by atoms with Gasteiger partial charge in [-0.05, 0) is 115 Å². The van der Waals surface area contributed by atoms with Crippen molar-refractivity contribution in [3.8, 4) is 46.0 Å². The van der Waals surface area contributed by atoms with E-state index in [9.17, 15) is 0 Å². The summed E-state index contributed by atoms with van der Waals surface area (Å²) in [6.45, 7) is 1.64. The maximum absolute atomic E-state index is 6.90. The molecule has 2 N–H and O–H groups in total. The Balaban J connectivity index is 1.34. The summed E-state index contributed by atoms with van der Waals surface area (Å²) in [6, 6.07) is 20.8. The molecule has 0 saturated carbocycles. The molecule has 8 nitrogen and oxygen atoms in total. The van der Waals surface area contributed by atoms with Gasteiger partial charge in [0.15, 0.2) is 39.6 Å². The molecule has 4 aromatic carbocycles. The number of nitrogens with zero attached hydrogens (tertiary/aromatic N) is 2. The maximum Gasteiger partial charge on any atom is 0.212 e. The zero-order valence-electron chi connectivity index (χ0n) is 25.6. The van der Waals surface area contributed by atoms with E-state index in [4.69, 9.17) is 41.6 Å². The Labute approximate surface area is 268 Å². The highest BCUT2D eigenvalue weighted by Crippen LogP contribution is 2.56. The number of methoxy groups -OCH3 is 2. The average Bonchev–Trinajstić information content (AvgIpc) is 3.04. The smallest absolute Gasteiger partial charge is 0.212 e. The van der Waals surface area contributed by atoms with Crippen LogP contribution in [0.4, 0.5) is 0 Å². The van der Waals surface area contributed by atoms with E-state index in [-0.39, 0.29) is 12.1 Å². The zero-order valence-corrected chi connectivity index (χ0v) is 26.4. The molecule has 9 rings (SSSR count). The number of ether oxygens (including phenoxy) is 5. The van der Waals surface area contributed by atoms with E-state index in [1.54, 1.807) is 14.2 Å². The Kier molecular flexibility index (Phi) is 6.76. The minimum absolute atomic E-state index is 0.139. The second-order valence-electron chi connectivity index (χ2n) is 12.2. The molecule has 0 fully saturated rings. The number of benzene rings is 4. The van der Waals surface area contributed by atoms with E-state index in [2.05, 4.69) is 59.3 Å². The van der Waals surface area contributed by atoms with Crippen molar-refractivity contribution in [3.05, 3.63) is 94.0 Å². The van der Waals surface area contributed by atoms with Crippen LogP contribution in [-0.4, -0.2) is 49.3 Å². The first-order valence-corrected chi connectivity index (χ1v) is 15.8. The Morgan fingerprint density at radius 2 is 1.47 bits per heavy atom. The Morgan fingerprint density at radius 1 is 0.756 bits per heavy atom. The summed E-state index contributed by atoms with van der Waals surface area (Å²) in [4.78, 5) is 4.51. The van der Waals surface area contributed by atoms with E-state index in [1.165, 1.54) is 11.1 Å². The van der Waals surface area contributed by atoms with Gasteiger partial charge in [0.25, 0.3) is 0 Å². The fourth-order valence-corrected chi connectivity index (χ4v) is 7.53. The monoisotopic (exact) mass is 621 g/mol. The molecule has 7 bridgehead atoms. The summed E-state index contributed by atoms with van der Waals surface area (Å²) in [5.41, 5.74) is 13.3. The molecule has 5 aliphatic rings. The highest BCUT2D eigenvalue weighted by atomic mass is 32.1. The Bertz CT molecular complexity index is 1840. The van der Waals surface area contributed by atoms with Gasteiger partial charge in [-0.15, -0.1) is 0 Å². The van der Waals surface area contributed by atoms with Gasteiger partial charge in [0, 0.05) is 24.7 Å². The van der Waals surface area contributed by atoms with Gasteiger partial charge >= 0.3 is 0 Å². The van der Waals surface area contributed by atoms with Gasteiger partial charge in [-0.3, -0.25) is 4.90 Å². The number of nitrogens with two attached hydrogens (primary N) is 1.